The van der Waals surface area contributed by atoms with E-state index in [1.54, 1.807) is 4.68 Å². The molecule has 0 radical (unpaired) electrons. The number of amides is 2. The number of carbonyl (C=O) groups is 1. The number of nitrogens with zero attached hydrogens (tertiary/aromatic N) is 7. The summed E-state index contributed by atoms with van der Waals surface area (Å²) in [6.45, 7) is 3.31. The first kappa shape index (κ1) is 15.4. The first-order valence-corrected chi connectivity index (χ1v) is 8.26. The van der Waals surface area contributed by atoms with Gasteiger partial charge in [-0.1, -0.05) is 6.07 Å². The largest absolute Gasteiger partial charge is 0.365 e. The predicted octanol–water partition coefficient (Wildman–Crippen LogP) is 0.495. The maximum Gasteiger partial charge on any atom is 0.317 e. The van der Waals surface area contributed by atoms with Crippen molar-refractivity contribution in [1.29, 1.82) is 0 Å². The molecule has 1 N–H and O–H groups in total. The number of aryl methyl sites for hydroxylation is 1. The maximum absolute atomic E-state index is 12.4. The van der Waals surface area contributed by atoms with Gasteiger partial charge < -0.3 is 15.1 Å². The molecule has 3 aromatic heterocycles. The fourth-order valence-electron chi connectivity index (χ4n) is 3.02. The van der Waals surface area contributed by atoms with Gasteiger partial charge in [-0.05, 0) is 12.1 Å². The topological polar surface area (TPSA) is 83.6 Å². The number of rotatable bonds is 3. The molecule has 4 rings (SSSR count). The number of hydrogen-bond donors (Lipinski definition) is 1. The third-order valence-electron chi connectivity index (χ3n) is 4.41. The minimum Gasteiger partial charge on any atom is -0.365 e. The van der Waals surface area contributed by atoms with E-state index in [1.807, 2.05) is 53.1 Å². The molecule has 0 unspecified atom stereocenters. The van der Waals surface area contributed by atoms with Crippen LogP contribution in [-0.2, 0) is 13.6 Å². The fraction of sp³-hybridized carbons (Fsp3) is 0.375. The van der Waals surface area contributed by atoms with E-state index in [0.29, 0.717) is 19.6 Å². The lowest BCUT2D eigenvalue weighted by Crippen LogP contribution is -2.51. The molecule has 0 spiro atoms. The lowest BCUT2D eigenvalue weighted by atomic mass is 10.3. The molecule has 0 atom stereocenters. The highest BCUT2D eigenvalue weighted by atomic mass is 16.2. The Balaban J connectivity index is 1.32. The molecule has 0 aromatic carbocycles. The van der Waals surface area contributed by atoms with Crippen molar-refractivity contribution in [2.45, 2.75) is 6.54 Å². The van der Waals surface area contributed by atoms with Crippen molar-refractivity contribution in [1.82, 2.24) is 34.6 Å². The summed E-state index contributed by atoms with van der Waals surface area (Å²) < 4.78 is 3.66. The Morgan fingerprint density at radius 3 is 2.80 bits per heavy atom. The zero-order valence-corrected chi connectivity index (χ0v) is 14.0. The van der Waals surface area contributed by atoms with Crippen LogP contribution in [0.15, 0.2) is 36.8 Å². The van der Waals surface area contributed by atoms with Gasteiger partial charge in [0.1, 0.15) is 0 Å². The highest BCUT2D eigenvalue weighted by Gasteiger charge is 2.22. The number of aromatic nitrogens is 5. The van der Waals surface area contributed by atoms with Gasteiger partial charge in [0.05, 0.1) is 18.4 Å². The second-order valence-corrected chi connectivity index (χ2v) is 6.05. The maximum atomic E-state index is 12.4. The molecule has 3 aromatic rings. The van der Waals surface area contributed by atoms with Gasteiger partial charge in [0.15, 0.2) is 11.5 Å². The Hall–Kier alpha value is -3.10. The van der Waals surface area contributed by atoms with E-state index in [9.17, 15) is 4.79 Å². The molecule has 9 nitrogen and oxygen atoms in total. The normalized spacial score (nSPS) is 14.9. The van der Waals surface area contributed by atoms with Crippen LogP contribution in [-0.4, -0.2) is 61.5 Å². The summed E-state index contributed by atoms with van der Waals surface area (Å²) in [5.74, 6) is 0.720. The first-order valence-electron chi connectivity index (χ1n) is 8.26. The van der Waals surface area contributed by atoms with E-state index in [0.717, 1.165) is 30.2 Å². The van der Waals surface area contributed by atoms with E-state index >= 15 is 0 Å². The number of anilines is 1. The van der Waals surface area contributed by atoms with Crippen LogP contribution in [0.1, 0.15) is 5.82 Å². The number of carbonyl (C=O) groups excluding carboxylic acids is 1. The zero-order chi connectivity index (χ0) is 17.2. The predicted molar refractivity (Wildman–Crippen MR) is 92.2 cm³/mol. The molecule has 9 heteroatoms. The Morgan fingerprint density at radius 2 is 2.04 bits per heavy atom. The third-order valence-corrected chi connectivity index (χ3v) is 4.41. The first-order chi connectivity index (χ1) is 12.2. The standard InChI is InChI=1S/C16H20N8O/c1-21-12-13(10-18-21)22-6-8-23(9-7-22)16(25)17-11-15-20-19-14-4-2-3-5-24(14)15/h2-5,10,12H,6-9,11H2,1H3,(H,17,25). The van der Waals surface area contributed by atoms with Crippen LogP contribution < -0.4 is 10.2 Å². The number of nitrogens with one attached hydrogen (secondary N) is 1. The molecule has 0 bridgehead atoms. The monoisotopic (exact) mass is 340 g/mol. The van der Waals surface area contributed by atoms with Crippen molar-refractivity contribution < 1.29 is 4.79 Å². The van der Waals surface area contributed by atoms with E-state index in [2.05, 4.69) is 25.5 Å². The van der Waals surface area contributed by atoms with E-state index in [-0.39, 0.29) is 6.03 Å². The van der Waals surface area contributed by atoms with Crippen molar-refractivity contribution in [3.63, 3.8) is 0 Å². The van der Waals surface area contributed by atoms with Crippen LogP contribution in [0.5, 0.6) is 0 Å². The van der Waals surface area contributed by atoms with Crippen molar-refractivity contribution in [2.24, 2.45) is 7.05 Å². The van der Waals surface area contributed by atoms with Crippen LogP contribution in [0, 0.1) is 0 Å². The molecule has 130 valence electrons. The number of fused-ring (bicyclic) bond motifs is 1. The highest BCUT2D eigenvalue weighted by Crippen LogP contribution is 2.14. The Labute approximate surface area is 144 Å². The van der Waals surface area contributed by atoms with Gasteiger partial charge in [0.2, 0.25) is 0 Å². The van der Waals surface area contributed by atoms with Crippen LogP contribution in [0.4, 0.5) is 10.5 Å². The second-order valence-electron chi connectivity index (χ2n) is 6.05. The Bertz CT molecular complexity index is 877. The van der Waals surface area contributed by atoms with E-state index < -0.39 is 0 Å². The molecule has 1 aliphatic rings. The molecule has 1 fully saturated rings. The van der Waals surface area contributed by atoms with Crippen LogP contribution in [0.25, 0.3) is 5.65 Å². The summed E-state index contributed by atoms with van der Waals surface area (Å²) in [4.78, 5) is 16.5. The average molecular weight is 340 g/mol. The number of hydrogen-bond acceptors (Lipinski definition) is 5. The number of piperazine rings is 1. The minimum atomic E-state index is -0.0708. The Kier molecular flexibility index (Phi) is 3.96. The summed E-state index contributed by atoms with van der Waals surface area (Å²) in [5.41, 5.74) is 1.87. The number of urea groups is 1. The molecule has 1 saturated heterocycles. The van der Waals surface area contributed by atoms with Gasteiger partial charge in [0, 0.05) is 45.6 Å². The summed E-state index contributed by atoms with van der Waals surface area (Å²) in [5, 5.41) is 15.3. The molecule has 4 heterocycles. The zero-order valence-electron chi connectivity index (χ0n) is 14.0. The van der Waals surface area contributed by atoms with Crippen molar-refractivity contribution in [3.05, 3.63) is 42.6 Å². The van der Waals surface area contributed by atoms with Gasteiger partial charge in [-0.15, -0.1) is 10.2 Å². The summed E-state index contributed by atoms with van der Waals surface area (Å²) >= 11 is 0. The molecular weight excluding hydrogens is 320 g/mol. The summed E-state index contributed by atoms with van der Waals surface area (Å²) in [6.07, 6.45) is 5.74. The highest BCUT2D eigenvalue weighted by molar-refractivity contribution is 5.74. The van der Waals surface area contributed by atoms with Crippen LogP contribution in [0.3, 0.4) is 0 Å². The summed E-state index contributed by atoms with van der Waals surface area (Å²) in [7, 11) is 1.90. The quantitative estimate of drug-likeness (QED) is 0.750. The van der Waals surface area contributed by atoms with E-state index in [4.69, 9.17) is 0 Å². The van der Waals surface area contributed by atoms with Crippen LogP contribution >= 0.6 is 0 Å². The molecule has 0 aliphatic carbocycles. The SMILES string of the molecule is Cn1cc(N2CCN(C(=O)NCc3nnc4ccccn34)CC2)cn1. The van der Waals surface area contributed by atoms with Crippen molar-refractivity contribution in [3.8, 4) is 0 Å². The van der Waals surface area contributed by atoms with Gasteiger partial charge >= 0.3 is 6.03 Å². The molecular formula is C16H20N8O. The fourth-order valence-corrected chi connectivity index (χ4v) is 3.02. The van der Waals surface area contributed by atoms with Gasteiger partial charge in [0.25, 0.3) is 0 Å². The average Bonchev–Trinajstić information content (AvgIpc) is 3.26. The lowest BCUT2D eigenvalue weighted by Gasteiger charge is -2.35. The summed E-state index contributed by atoms with van der Waals surface area (Å²) in [6, 6.07) is 5.64. The van der Waals surface area contributed by atoms with Gasteiger partial charge in [-0.2, -0.15) is 5.10 Å². The third kappa shape index (κ3) is 3.12. The van der Waals surface area contributed by atoms with Crippen molar-refractivity contribution in [2.75, 3.05) is 31.1 Å². The molecule has 0 saturated carbocycles. The number of pyridine rings is 1. The van der Waals surface area contributed by atoms with Crippen LogP contribution in [0.2, 0.25) is 0 Å². The van der Waals surface area contributed by atoms with Gasteiger partial charge in [-0.3, -0.25) is 9.08 Å². The second kappa shape index (κ2) is 6.42. The smallest absolute Gasteiger partial charge is 0.317 e. The minimum absolute atomic E-state index is 0.0708. The molecule has 1 aliphatic heterocycles. The lowest BCUT2D eigenvalue weighted by molar-refractivity contribution is 0.193. The van der Waals surface area contributed by atoms with E-state index in [1.165, 1.54) is 0 Å². The van der Waals surface area contributed by atoms with Crippen molar-refractivity contribution >= 4 is 17.4 Å². The molecule has 25 heavy (non-hydrogen) atoms. The van der Waals surface area contributed by atoms with Gasteiger partial charge in [-0.25, -0.2) is 4.79 Å². The molecule has 2 amide bonds. The Morgan fingerprint density at radius 1 is 1.20 bits per heavy atom.